The molecule has 0 aromatic carbocycles. The SMILES string of the molecule is O=C(Cn1cc(Br)cn1)C1CC1. The zero-order valence-corrected chi connectivity index (χ0v) is 8.12. The molecule has 0 spiro atoms. The van der Waals surface area contributed by atoms with Gasteiger partial charge in [-0.15, -0.1) is 0 Å². The van der Waals surface area contributed by atoms with Gasteiger partial charge in [0.25, 0.3) is 0 Å². The molecule has 0 unspecified atom stereocenters. The second kappa shape index (κ2) is 3.01. The molecule has 1 aliphatic carbocycles. The first kappa shape index (κ1) is 7.98. The van der Waals surface area contributed by atoms with Gasteiger partial charge in [0.1, 0.15) is 0 Å². The number of aromatic nitrogens is 2. The number of nitrogens with zero attached hydrogens (tertiary/aromatic N) is 2. The van der Waals surface area contributed by atoms with Crippen LogP contribution >= 0.6 is 15.9 Å². The Morgan fingerprint density at radius 1 is 1.75 bits per heavy atom. The van der Waals surface area contributed by atoms with Crippen LogP contribution in [0.2, 0.25) is 0 Å². The summed E-state index contributed by atoms with van der Waals surface area (Å²) in [6.45, 7) is 0.427. The van der Waals surface area contributed by atoms with Crippen molar-refractivity contribution in [1.29, 1.82) is 0 Å². The molecule has 1 aromatic heterocycles. The van der Waals surface area contributed by atoms with Gasteiger partial charge in [-0.2, -0.15) is 5.10 Å². The maximum absolute atomic E-state index is 11.3. The van der Waals surface area contributed by atoms with E-state index in [4.69, 9.17) is 0 Å². The van der Waals surface area contributed by atoms with Gasteiger partial charge in [-0.1, -0.05) is 0 Å². The quantitative estimate of drug-likeness (QED) is 0.789. The molecular weight excluding hydrogens is 220 g/mol. The van der Waals surface area contributed by atoms with E-state index in [0.717, 1.165) is 17.3 Å². The van der Waals surface area contributed by atoms with Gasteiger partial charge in [0, 0.05) is 12.1 Å². The summed E-state index contributed by atoms with van der Waals surface area (Å²) in [7, 11) is 0. The molecule has 2 rings (SSSR count). The molecule has 0 radical (unpaired) electrons. The van der Waals surface area contributed by atoms with Crippen molar-refractivity contribution in [3.8, 4) is 0 Å². The van der Waals surface area contributed by atoms with E-state index in [9.17, 15) is 4.79 Å². The van der Waals surface area contributed by atoms with E-state index in [1.54, 1.807) is 10.9 Å². The molecule has 0 amide bonds. The van der Waals surface area contributed by atoms with E-state index in [2.05, 4.69) is 21.0 Å². The van der Waals surface area contributed by atoms with Gasteiger partial charge in [-0.25, -0.2) is 0 Å². The van der Waals surface area contributed by atoms with Crippen LogP contribution in [0.15, 0.2) is 16.9 Å². The van der Waals surface area contributed by atoms with E-state index in [1.807, 2.05) is 6.20 Å². The summed E-state index contributed by atoms with van der Waals surface area (Å²) in [6, 6.07) is 0. The zero-order chi connectivity index (χ0) is 8.55. The molecule has 0 bridgehead atoms. The molecule has 3 nitrogen and oxygen atoms in total. The van der Waals surface area contributed by atoms with Crippen LogP contribution in [0.5, 0.6) is 0 Å². The van der Waals surface area contributed by atoms with Crippen LogP contribution in [0.3, 0.4) is 0 Å². The zero-order valence-electron chi connectivity index (χ0n) is 6.53. The number of hydrogen-bond donors (Lipinski definition) is 0. The van der Waals surface area contributed by atoms with Gasteiger partial charge in [0.15, 0.2) is 5.78 Å². The minimum absolute atomic E-state index is 0.311. The summed E-state index contributed by atoms with van der Waals surface area (Å²) in [5, 5.41) is 4.01. The van der Waals surface area contributed by atoms with E-state index >= 15 is 0 Å². The van der Waals surface area contributed by atoms with Crippen molar-refractivity contribution in [2.24, 2.45) is 5.92 Å². The lowest BCUT2D eigenvalue weighted by Gasteiger charge is -1.97. The third kappa shape index (κ3) is 1.75. The van der Waals surface area contributed by atoms with Crippen molar-refractivity contribution in [3.63, 3.8) is 0 Å². The maximum Gasteiger partial charge on any atom is 0.157 e. The average Bonchev–Trinajstić information content (AvgIpc) is 2.78. The van der Waals surface area contributed by atoms with Crippen LogP contribution < -0.4 is 0 Å². The Hall–Kier alpha value is -0.640. The Kier molecular flexibility index (Phi) is 2.00. The molecule has 0 N–H and O–H groups in total. The molecule has 4 heteroatoms. The summed E-state index contributed by atoms with van der Waals surface area (Å²) >= 11 is 3.28. The highest BCUT2D eigenvalue weighted by Crippen LogP contribution is 2.30. The third-order valence-corrected chi connectivity index (χ3v) is 2.36. The Morgan fingerprint density at radius 3 is 3.00 bits per heavy atom. The highest BCUT2D eigenvalue weighted by molar-refractivity contribution is 9.10. The topological polar surface area (TPSA) is 34.9 Å². The summed E-state index contributed by atoms with van der Waals surface area (Å²) < 4.78 is 2.59. The van der Waals surface area contributed by atoms with Gasteiger partial charge in [0.2, 0.25) is 0 Å². The van der Waals surface area contributed by atoms with Gasteiger partial charge in [0.05, 0.1) is 17.2 Å². The molecule has 1 fully saturated rings. The largest absolute Gasteiger partial charge is 0.297 e. The van der Waals surface area contributed by atoms with Gasteiger partial charge in [-0.05, 0) is 28.8 Å². The summed E-state index contributed by atoms with van der Waals surface area (Å²) in [6.07, 6.45) is 5.66. The first-order chi connectivity index (χ1) is 5.75. The third-order valence-electron chi connectivity index (χ3n) is 1.95. The number of Topliss-reactive ketones (excluding diaryl/α,β-unsaturated/α-hetero) is 1. The molecule has 1 saturated carbocycles. The second-order valence-electron chi connectivity index (χ2n) is 3.10. The summed E-state index contributed by atoms with van der Waals surface area (Å²) in [5.41, 5.74) is 0. The van der Waals surface area contributed by atoms with Crippen LogP contribution in [-0.2, 0) is 11.3 Å². The lowest BCUT2D eigenvalue weighted by molar-refractivity contribution is -0.120. The maximum atomic E-state index is 11.3. The first-order valence-corrected chi connectivity index (χ1v) is 4.75. The van der Waals surface area contributed by atoms with Crippen LogP contribution in [0.25, 0.3) is 0 Å². The summed E-state index contributed by atoms with van der Waals surface area (Å²) in [5.74, 6) is 0.638. The fourth-order valence-corrected chi connectivity index (χ4v) is 1.45. The van der Waals surface area contributed by atoms with Crippen molar-refractivity contribution < 1.29 is 4.79 Å². The van der Waals surface area contributed by atoms with E-state index < -0.39 is 0 Å². The Balaban J connectivity index is 1.98. The predicted molar refractivity (Wildman–Crippen MR) is 47.7 cm³/mol. The summed E-state index contributed by atoms with van der Waals surface area (Å²) in [4.78, 5) is 11.3. The molecule has 1 aromatic rings. The molecule has 0 aliphatic heterocycles. The van der Waals surface area contributed by atoms with Crippen LogP contribution in [0, 0.1) is 5.92 Å². The lowest BCUT2D eigenvalue weighted by Crippen LogP contribution is -2.11. The number of ketones is 1. The van der Waals surface area contributed by atoms with Gasteiger partial charge in [-0.3, -0.25) is 9.48 Å². The smallest absolute Gasteiger partial charge is 0.157 e. The van der Waals surface area contributed by atoms with Gasteiger partial charge < -0.3 is 0 Å². The number of carbonyl (C=O) groups excluding carboxylic acids is 1. The Labute approximate surface area is 78.9 Å². The fourth-order valence-electron chi connectivity index (χ4n) is 1.12. The number of hydrogen-bond acceptors (Lipinski definition) is 2. The molecule has 1 heterocycles. The fraction of sp³-hybridized carbons (Fsp3) is 0.500. The van der Waals surface area contributed by atoms with E-state index in [-0.39, 0.29) is 0 Å². The minimum atomic E-state index is 0.311. The molecule has 12 heavy (non-hydrogen) atoms. The molecule has 1 aliphatic rings. The Morgan fingerprint density at radius 2 is 2.50 bits per heavy atom. The number of carbonyl (C=O) groups is 1. The standard InChI is InChI=1S/C8H9BrN2O/c9-7-3-10-11(4-7)5-8(12)6-1-2-6/h3-4,6H,1-2,5H2. The number of halogens is 1. The van der Waals surface area contributed by atoms with E-state index in [0.29, 0.717) is 18.2 Å². The van der Waals surface area contributed by atoms with Crippen LogP contribution in [-0.4, -0.2) is 15.6 Å². The predicted octanol–water partition coefficient (Wildman–Crippen LogP) is 1.62. The molecule has 0 saturated heterocycles. The highest BCUT2D eigenvalue weighted by atomic mass is 79.9. The lowest BCUT2D eigenvalue weighted by atomic mass is 10.3. The average molecular weight is 229 g/mol. The molecule has 0 atom stereocenters. The second-order valence-corrected chi connectivity index (χ2v) is 4.01. The van der Waals surface area contributed by atoms with Crippen LogP contribution in [0.1, 0.15) is 12.8 Å². The van der Waals surface area contributed by atoms with Crippen molar-refractivity contribution in [3.05, 3.63) is 16.9 Å². The van der Waals surface area contributed by atoms with Crippen molar-refractivity contribution >= 4 is 21.7 Å². The molecule has 64 valence electrons. The Bertz CT molecular complexity index is 304. The van der Waals surface area contributed by atoms with E-state index in [1.165, 1.54) is 0 Å². The minimum Gasteiger partial charge on any atom is -0.297 e. The van der Waals surface area contributed by atoms with Crippen LogP contribution in [0.4, 0.5) is 0 Å². The van der Waals surface area contributed by atoms with Crippen molar-refractivity contribution in [2.45, 2.75) is 19.4 Å². The number of rotatable bonds is 3. The molecular formula is C8H9BrN2O. The van der Waals surface area contributed by atoms with Crippen molar-refractivity contribution in [1.82, 2.24) is 9.78 Å². The van der Waals surface area contributed by atoms with Gasteiger partial charge >= 0.3 is 0 Å². The monoisotopic (exact) mass is 228 g/mol. The van der Waals surface area contributed by atoms with Crippen molar-refractivity contribution in [2.75, 3.05) is 0 Å². The normalized spacial score (nSPS) is 16.4. The highest BCUT2D eigenvalue weighted by Gasteiger charge is 2.29. The first-order valence-electron chi connectivity index (χ1n) is 3.96.